The fraction of sp³-hybridized carbons (Fsp3) is 0.714. The highest BCUT2D eigenvalue weighted by molar-refractivity contribution is 5.90. The molecule has 3 rings (SSSR count). The van der Waals surface area contributed by atoms with Crippen LogP contribution in [0.3, 0.4) is 0 Å². The van der Waals surface area contributed by atoms with Crippen LogP contribution in [-0.4, -0.2) is 30.4 Å². The van der Waals surface area contributed by atoms with E-state index in [1.54, 1.807) is 6.08 Å². The lowest BCUT2D eigenvalue weighted by molar-refractivity contribution is -0.164. The summed E-state index contributed by atoms with van der Waals surface area (Å²) >= 11 is 0. The third-order valence-electron chi connectivity index (χ3n) is 7.27. The minimum Gasteiger partial charge on any atom is -0.481 e. The second kappa shape index (κ2) is 6.84. The number of carbonyl (C=O) groups is 2. The number of carbonyl (C=O) groups excluding carboxylic acids is 1. The van der Waals surface area contributed by atoms with Crippen LogP contribution in [0.5, 0.6) is 0 Å². The summed E-state index contributed by atoms with van der Waals surface area (Å²) in [7, 11) is 1.51. The van der Waals surface area contributed by atoms with Gasteiger partial charge in [0.25, 0.3) is 0 Å². The molecule has 2 fully saturated rings. The monoisotopic (exact) mass is 362 g/mol. The number of carboxylic acids is 1. The Kier molecular flexibility index (Phi) is 5.04. The fourth-order valence-corrected chi connectivity index (χ4v) is 5.79. The number of rotatable bonds is 5. The van der Waals surface area contributed by atoms with Crippen LogP contribution in [0.25, 0.3) is 0 Å². The van der Waals surface area contributed by atoms with Gasteiger partial charge in [-0.3, -0.25) is 4.79 Å². The van der Waals surface area contributed by atoms with Crippen LogP contribution < -0.4 is 0 Å². The number of ether oxygens (including phenoxy) is 2. The Hall–Kier alpha value is -1.62. The fourth-order valence-electron chi connectivity index (χ4n) is 5.79. The third-order valence-corrected chi connectivity index (χ3v) is 7.27. The van der Waals surface area contributed by atoms with E-state index in [4.69, 9.17) is 9.47 Å². The van der Waals surface area contributed by atoms with Crippen molar-refractivity contribution in [3.05, 3.63) is 23.8 Å². The van der Waals surface area contributed by atoms with Crippen LogP contribution in [-0.2, 0) is 19.1 Å². The SMILES string of the molecule is C=C1CC[C@@H]2[C@](C)(CCC[C@]2(C)C(=O)O)[C@@H]1CCC1=C[C@H](OC)OC1=O. The molecule has 3 aliphatic rings. The number of fused-ring (bicyclic) bond motifs is 1. The molecule has 0 saturated heterocycles. The lowest BCUT2D eigenvalue weighted by Crippen LogP contribution is -2.53. The predicted octanol–water partition coefficient (Wildman–Crippen LogP) is 4.09. The topological polar surface area (TPSA) is 72.8 Å². The Morgan fingerprint density at radius 3 is 2.77 bits per heavy atom. The van der Waals surface area contributed by atoms with Gasteiger partial charge >= 0.3 is 11.9 Å². The average Bonchev–Trinajstić information content (AvgIpc) is 2.94. The summed E-state index contributed by atoms with van der Waals surface area (Å²) in [6, 6.07) is 0. The van der Waals surface area contributed by atoms with E-state index in [1.165, 1.54) is 12.7 Å². The van der Waals surface area contributed by atoms with Gasteiger partial charge in [-0.15, -0.1) is 0 Å². The summed E-state index contributed by atoms with van der Waals surface area (Å²) in [6.07, 6.45) is 7.05. The van der Waals surface area contributed by atoms with Crippen molar-refractivity contribution in [2.45, 2.75) is 65.1 Å². The first kappa shape index (κ1) is 19.2. The van der Waals surface area contributed by atoms with Crippen molar-refractivity contribution in [2.75, 3.05) is 7.11 Å². The second-order valence-corrected chi connectivity index (χ2v) is 8.62. The number of esters is 1. The number of hydrogen-bond donors (Lipinski definition) is 1. The van der Waals surface area contributed by atoms with Crippen LogP contribution >= 0.6 is 0 Å². The minimum absolute atomic E-state index is 0.0789. The summed E-state index contributed by atoms with van der Waals surface area (Å²) in [5.41, 5.74) is 1.11. The van der Waals surface area contributed by atoms with Crippen LogP contribution in [0.15, 0.2) is 23.8 Å². The van der Waals surface area contributed by atoms with Crippen molar-refractivity contribution in [3.8, 4) is 0 Å². The highest BCUT2D eigenvalue weighted by Gasteiger charge is 2.57. The van der Waals surface area contributed by atoms with Crippen molar-refractivity contribution in [2.24, 2.45) is 22.7 Å². The molecular formula is C21H30O5. The first-order valence-electron chi connectivity index (χ1n) is 9.58. The van der Waals surface area contributed by atoms with Crippen molar-refractivity contribution < 1.29 is 24.2 Å². The van der Waals surface area contributed by atoms with E-state index in [9.17, 15) is 14.7 Å². The molecule has 26 heavy (non-hydrogen) atoms. The summed E-state index contributed by atoms with van der Waals surface area (Å²) in [6.45, 7) is 8.47. The number of allylic oxidation sites excluding steroid dienone is 1. The van der Waals surface area contributed by atoms with Crippen molar-refractivity contribution in [1.29, 1.82) is 0 Å². The third kappa shape index (κ3) is 3.00. The highest BCUT2D eigenvalue weighted by atomic mass is 16.7. The molecule has 0 spiro atoms. The number of carboxylic acid groups (broad SMARTS) is 1. The predicted molar refractivity (Wildman–Crippen MR) is 97.3 cm³/mol. The maximum Gasteiger partial charge on any atom is 0.336 e. The summed E-state index contributed by atoms with van der Waals surface area (Å²) < 4.78 is 10.2. The molecule has 5 nitrogen and oxygen atoms in total. The van der Waals surface area contributed by atoms with E-state index in [1.807, 2.05) is 6.92 Å². The molecule has 5 heteroatoms. The molecule has 2 saturated carbocycles. The summed E-state index contributed by atoms with van der Waals surface area (Å²) in [5, 5.41) is 9.89. The molecule has 1 heterocycles. The Balaban J connectivity index is 1.81. The molecule has 2 aliphatic carbocycles. The quantitative estimate of drug-likeness (QED) is 0.589. The van der Waals surface area contributed by atoms with E-state index in [0.29, 0.717) is 12.0 Å². The van der Waals surface area contributed by atoms with Crippen LogP contribution in [0.2, 0.25) is 0 Å². The first-order chi connectivity index (χ1) is 12.2. The minimum atomic E-state index is -0.676. The first-order valence-corrected chi connectivity index (χ1v) is 9.58. The highest BCUT2D eigenvalue weighted by Crippen LogP contribution is 2.62. The number of methoxy groups -OCH3 is 1. The van der Waals surface area contributed by atoms with Crippen LogP contribution in [0.4, 0.5) is 0 Å². The van der Waals surface area contributed by atoms with Gasteiger partial charge in [0.15, 0.2) is 0 Å². The molecule has 0 aromatic rings. The average molecular weight is 362 g/mol. The van der Waals surface area contributed by atoms with Crippen molar-refractivity contribution in [1.82, 2.24) is 0 Å². The second-order valence-electron chi connectivity index (χ2n) is 8.62. The Labute approximate surface area is 155 Å². The zero-order chi connectivity index (χ0) is 19.1. The van der Waals surface area contributed by atoms with E-state index >= 15 is 0 Å². The Morgan fingerprint density at radius 2 is 2.15 bits per heavy atom. The number of cyclic esters (lactones) is 1. The standard InChI is InChI=1S/C21H30O5/c1-13-6-9-16-20(2,10-5-11-21(16,3)19(23)24)15(13)8-7-14-12-17(25-4)26-18(14)22/h12,15-17H,1,5-11H2,2-4H3,(H,23,24)/t15-,16-,17-,20-,21+/m1/s1. The number of hydrogen-bond acceptors (Lipinski definition) is 4. The summed E-state index contributed by atoms with van der Waals surface area (Å²) in [5.74, 6) is -0.604. The molecule has 144 valence electrons. The molecule has 5 atom stereocenters. The van der Waals surface area contributed by atoms with Gasteiger partial charge in [-0.25, -0.2) is 4.79 Å². The molecule has 0 bridgehead atoms. The van der Waals surface area contributed by atoms with E-state index in [2.05, 4.69) is 13.5 Å². The Bertz CT molecular complexity index is 651. The maximum atomic E-state index is 12.0. The number of aliphatic carboxylic acids is 1. The van der Waals surface area contributed by atoms with Crippen molar-refractivity contribution in [3.63, 3.8) is 0 Å². The zero-order valence-corrected chi connectivity index (χ0v) is 16.0. The smallest absolute Gasteiger partial charge is 0.336 e. The van der Waals surface area contributed by atoms with Crippen molar-refractivity contribution >= 4 is 11.9 Å². The normalized spacial score (nSPS) is 40.0. The zero-order valence-electron chi connectivity index (χ0n) is 16.0. The van der Waals surface area contributed by atoms with E-state index < -0.39 is 17.7 Å². The summed E-state index contributed by atoms with van der Waals surface area (Å²) in [4.78, 5) is 24.0. The molecule has 0 unspecified atom stereocenters. The van der Waals surface area contributed by atoms with Gasteiger partial charge < -0.3 is 14.6 Å². The molecule has 0 aromatic carbocycles. The molecule has 0 amide bonds. The van der Waals surface area contributed by atoms with Gasteiger partial charge in [-0.1, -0.05) is 25.5 Å². The van der Waals surface area contributed by atoms with Crippen LogP contribution in [0, 0.1) is 22.7 Å². The largest absolute Gasteiger partial charge is 0.481 e. The van der Waals surface area contributed by atoms with E-state index in [0.717, 1.165) is 38.5 Å². The molecule has 1 N–H and O–H groups in total. The van der Waals surface area contributed by atoms with Gasteiger partial charge in [0.1, 0.15) is 0 Å². The van der Waals surface area contributed by atoms with Gasteiger partial charge in [0.2, 0.25) is 6.29 Å². The van der Waals surface area contributed by atoms with Gasteiger partial charge in [-0.05, 0) is 68.8 Å². The molecule has 1 aliphatic heterocycles. The van der Waals surface area contributed by atoms with Gasteiger partial charge in [0, 0.05) is 12.7 Å². The van der Waals surface area contributed by atoms with Gasteiger partial charge in [-0.2, -0.15) is 0 Å². The Morgan fingerprint density at radius 1 is 1.42 bits per heavy atom. The molecule has 0 radical (unpaired) electrons. The van der Waals surface area contributed by atoms with E-state index in [-0.39, 0.29) is 23.2 Å². The lowest BCUT2D eigenvalue weighted by Gasteiger charge is -2.57. The maximum absolute atomic E-state index is 12.0. The molecular weight excluding hydrogens is 332 g/mol. The lowest BCUT2D eigenvalue weighted by atomic mass is 9.46. The molecule has 0 aromatic heterocycles. The van der Waals surface area contributed by atoms with Crippen LogP contribution in [0.1, 0.15) is 58.8 Å². The van der Waals surface area contributed by atoms with Gasteiger partial charge in [0.05, 0.1) is 5.41 Å².